The number of nitrogens with zero attached hydrogens (tertiary/aromatic N) is 1. The molecule has 2 aliphatic heterocycles. The largest absolute Gasteiger partial charge is 0.447 e. The molecule has 2 rings (SSSR count). The monoisotopic (exact) mass is 507 g/mol. The predicted octanol–water partition coefficient (Wildman–Crippen LogP) is 2.13. The van der Waals surface area contributed by atoms with E-state index in [0.717, 1.165) is 24.2 Å². The highest BCUT2D eigenvalue weighted by atomic mass is 32.2. The number of carbonyl (C=O) groups excluding carboxylic acids is 1. The first-order chi connectivity index (χ1) is 16.3. The molecular formula is C23H45N3O7S. The average Bonchev–Trinajstić information content (AvgIpc) is 3.19. The van der Waals surface area contributed by atoms with Crippen LogP contribution in [0.5, 0.6) is 0 Å². The van der Waals surface area contributed by atoms with Gasteiger partial charge in [0.2, 0.25) is 0 Å². The Morgan fingerprint density at radius 3 is 1.85 bits per heavy atom. The predicted molar refractivity (Wildman–Crippen MR) is 129 cm³/mol. The van der Waals surface area contributed by atoms with Gasteiger partial charge in [-0.2, -0.15) is 13.1 Å². The average molecular weight is 508 g/mol. The second-order valence-corrected chi connectivity index (χ2v) is 11.1. The Morgan fingerprint density at radius 1 is 0.824 bits per heavy atom. The molecule has 0 saturated carbocycles. The van der Waals surface area contributed by atoms with Crippen molar-refractivity contribution >= 4 is 16.3 Å². The number of hydrogen-bond acceptors (Lipinski definition) is 7. The van der Waals surface area contributed by atoms with Gasteiger partial charge in [-0.15, -0.1) is 0 Å². The summed E-state index contributed by atoms with van der Waals surface area (Å²) >= 11 is 0. The summed E-state index contributed by atoms with van der Waals surface area (Å²) < 4.78 is 34.3. The van der Waals surface area contributed by atoms with Gasteiger partial charge >= 0.3 is 6.09 Å². The molecule has 5 atom stereocenters. The molecule has 11 heteroatoms. The van der Waals surface area contributed by atoms with Crippen LogP contribution in [-0.4, -0.2) is 78.4 Å². The first kappa shape index (κ1) is 29.3. The van der Waals surface area contributed by atoms with Gasteiger partial charge in [0.25, 0.3) is 10.2 Å². The summed E-state index contributed by atoms with van der Waals surface area (Å²) in [6.07, 6.45) is 9.98. The van der Waals surface area contributed by atoms with Crippen LogP contribution < -0.4 is 9.44 Å². The van der Waals surface area contributed by atoms with Crippen LogP contribution in [0.4, 0.5) is 4.79 Å². The number of aliphatic hydroxyl groups is 3. The van der Waals surface area contributed by atoms with E-state index in [1.165, 1.54) is 64.2 Å². The van der Waals surface area contributed by atoms with Crippen molar-refractivity contribution in [3.63, 3.8) is 0 Å². The number of fused-ring (bicyclic) bond motifs is 1. The molecule has 0 aromatic carbocycles. The Morgan fingerprint density at radius 2 is 1.32 bits per heavy atom. The molecular weight excluding hydrogens is 462 g/mol. The number of hydrogen-bond donors (Lipinski definition) is 5. The van der Waals surface area contributed by atoms with Gasteiger partial charge < -0.3 is 20.1 Å². The molecule has 0 bridgehead atoms. The van der Waals surface area contributed by atoms with E-state index in [4.69, 9.17) is 4.74 Å². The number of cyclic esters (lactones) is 1. The summed E-state index contributed by atoms with van der Waals surface area (Å²) in [5.74, 6) is 0. The van der Waals surface area contributed by atoms with Gasteiger partial charge in [-0.1, -0.05) is 90.4 Å². The minimum atomic E-state index is -4.04. The molecule has 0 aromatic heterocycles. The second kappa shape index (κ2) is 15.2. The Labute approximate surface area is 204 Å². The lowest BCUT2D eigenvalue weighted by atomic mass is 9.93. The quantitative estimate of drug-likeness (QED) is 0.178. The fourth-order valence-electron chi connectivity index (χ4n) is 4.66. The summed E-state index contributed by atoms with van der Waals surface area (Å²) in [6.45, 7) is 2.28. The summed E-state index contributed by atoms with van der Waals surface area (Å²) in [5, 5.41) is 30.3. The molecule has 200 valence electrons. The number of piperidine rings is 1. The normalized spacial score (nSPS) is 27.1. The third kappa shape index (κ3) is 9.23. The van der Waals surface area contributed by atoms with E-state index < -0.39 is 46.8 Å². The molecule has 0 aliphatic carbocycles. The van der Waals surface area contributed by atoms with E-state index in [-0.39, 0.29) is 13.2 Å². The number of nitrogens with one attached hydrogen (secondary N) is 2. The third-order valence-electron chi connectivity index (χ3n) is 6.76. The minimum absolute atomic E-state index is 0.186. The number of amides is 1. The van der Waals surface area contributed by atoms with Crippen molar-refractivity contribution in [3.8, 4) is 0 Å². The summed E-state index contributed by atoms with van der Waals surface area (Å²) in [6, 6.07) is -0.926. The van der Waals surface area contributed by atoms with Gasteiger partial charge in [0.1, 0.15) is 31.1 Å². The van der Waals surface area contributed by atoms with Gasteiger partial charge in [-0.3, -0.25) is 4.90 Å². The second-order valence-electron chi connectivity index (χ2n) is 9.58. The summed E-state index contributed by atoms with van der Waals surface area (Å²) in [4.78, 5) is 12.9. The fraction of sp³-hybridized carbons (Fsp3) is 0.957. The number of rotatable bonds is 18. The standard InChI is InChI=1S/C23H45N3O7S/c1-2-3-4-5-6-7-8-9-10-11-12-13-14-15-16-24-34(31,32)25-22-21(29)20(28)19(27)18-17-33-23(30)26(18)22/h18-22,24-25,27-29H,2-17H2,1H3/t18?,19-,20+,21?,22+/m1/s1. The maximum Gasteiger partial charge on any atom is 0.411 e. The van der Waals surface area contributed by atoms with Crippen LogP contribution in [0.3, 0.4) is 0 Å². The van der Waals surface area contributed by atoms with Crippen LogP contribution >= 0.6 is 0 Å². The summed E-state index contributed by atoms with van der Waals surface area (Å²) in [7, 11) is -4.04. The first-order valence-corrected chi connectivity index (χ1v) is 14.5. The van der Waals surface area contributed by atoms with Crippen molar-refractivity contribution in [1.82, 2.24) is 14.3 Å². The molecule has 5 N–H and O–H groups in total. The van der Waals surface area contributed by atoms with Gasteiger partial charge in [0.15, 0.2) is 0 Å². The van der Waals surface area contributed by atoms with Crippen LogP contribution in [0.25, 0.3) is 0 Å². The Balaban J connectivity index is 1.54. The lowest BCUT2D eigenvalue weighted by Gasteiger charge is -2.43. The maximum atomic E-state index is 12.4. The molecule has 0 radical (unpaired) electrons. The van der Waals surface area contributed by atoms with Crippen molar-refractivity contribution in [2.24, 2.45) is 0 Å². The van der Waals surface area contributed by atoms with Crippen LogP contribution in [0, 0.1) is 0 Å². The number of unbranched alkanes of at least 4 members (excludes halogenated alkanes) is 13. The lowest BCUT2D eigenvalue weighted by molar-refractivity contribution is -0.144. The Hall–Kier alpha value is -0.980. The Kier molecular flexibility index (Phi) is 13.1. The SMILES string of the molecule is CCCCCCCCCCCCCCCCNS(=O)(=O)N[C@@H]1C(O)[C@@H](O)[C@H](O)C2COC(=O)N21. The van der Waals surface area contributed by atoms with Crippen LogP contribution in [0.15, 0.2) is 0 Å². The molecule has 10 nitrogen and oxygen atoms in total. The van der Waals surface area contributed by atoms with E-state index in [0.29, 0.717) is 6.42 Å². The zero-order valence-electron chi connectivity index (χ0n) is 20.5. The molecule has 0 spiro atoms. The molecule has 2 aliphatic rings. The van der Waals surface area contributed by atoms with Crippen molar-refractivity contribution in [2.45, 2.75) is 127 Å². The minimum Gasteiger partial charge on any atom is -0.447 e. The molecule has 2 heterocycles. The van der Waals surface area contributed by atoms with E-state index in [2.05, 4.69) is 16.4 Å². The van der Waals surface area contributed by atoms with Gasteiger partial charge in [0, 0.05) is 6.54 Å². The van der Waals surface area contributed by atoms with Crippen LogP contribution in [0.2, 0.25) is 0 Å². The molecule has 2 unspecified atom stereocenters. The number of carbonyl (C=O) groups is 1. The van der Waals surface area contributed by atoms with E-state index in [1.54, 1.807) is 0 Å². The zero-order chi connectivity index (χ0) is 25.0. The van der Waals surface area contributed by atoms with Crippen molar-refractivity contribution in [1.29, 1.82) is 0 Å². The molecule has 1 amide bonds. The topological polar surface area (TPSA) is 148 Å². The highest BCUT2D eigenvalue weighted by molar-refractivity contribution is 7.87. The molecule has 0 aromatic rings. The number of ether oxygens (including phenoxy) is 1. The van der Waals surface area contributed by atoms with Crippen LogP contribution in [-0.2, 0) is 14.9 Å². The highest BCUT2D eigenvalue weighted by Crippen LogP contribution is 2.28. The van der Waals surface area contributed by atoms with Crippen molar-refractivity contribution in [2.75, 3.05) is 13.2 Å². The third-order valence-corrected chi connectivity index (χ3v) is 7.90. The number of aliphatic hydroxyl groups excluding tert-OH is 3. The van der Waals surface area contributed by atoms with Gasteiger partial charge in [-0.05, 0) is 6.42 Å². The van der Waals surface area contributed by atoms with Gasteiger partial charge in [0.05, 0.1) is 6.04 Å². The summed E-state index contributed by atoms with van der Waals surface area (Å²) in [5.41, 5.74) is 0. The van der Waals surface area contributed by atoms with E-state index in [9.17, 15) is 28.5 Å². The van der Waals surface area contributed by atoms with Gasteiger partial charge in [-0.25, -0.2) is 9.52 Å². The van der Waals surface area contributed by atoms with E-state index in [1.807, 2.05) is 0 Å². The molecule has 2 fully saturated rings. The molecule has 2 saturated heterocycles. The smallest absolute Gasteiger partial charge is 0.411 e. The molecule has 34 heavy (non-hydrogen) atoms. The fourth-order valence-corrected chi connectivity index (χ4v) is 5.73. The van der Waals surface area contributed by atoms with Crippen LogP contribution in [0.1, 0.15) is 96.8 Å². The lowest BCUT2D eigenvalue weighted by Crippen LogP contribution is -2.70. The van der Waals surface area contributed by atoms with Crippen molar-refractivity contribution in [3.05, 3.63) is 0 Å². The van der Waals surface area contributed by atoms with Crippen molar-refractivity contribution < 1.29 is 33.3 Å². The highest BCUT2D eigenvalue weighted by Gasteiger charge is 2.54. The first-order valence-electron chi connectivity index (χ1n) is 13.0. The van der Waals surface area contributed by atoms with E-state index >= 15 is 0 Å². The Bertz CT molecular complexity index is 694. The zero-order valence-corrected chi connectivity index (χ0v) is 21.3. The maximum absolute atomic E-state index is 12.4.